The minimum atomic E-state index is -1.10. The molecule has 2 heterocycles. The van der Waals surface area contributed by atoms with Crippen LogP contribution in [0.15, 0.2) is 58.8 Å². The largest absolute Gasteiger partial charge is 0.461 e. The normalized spacial score (nSPS) is 34.1. The van der Waals surface area contributed by atoms with Gasteiger partial charge in [0.25, 0.3) is 0 Å². The molecular formula is C29H28O6S2. The summed E-state index contributed by atoms with van der Waals surface area (Å²) < 4.78 is 11.8. The lowest BCUT2D eigenvalue weighted by molar-refractivity contribution is -0.194. The number of rotatable bonds is 6. The number of carbonyl (C=O) groups is 4. The molecule has 5 atom stereocenters. The van der Waals surface area contributed by atoms with Crippen molar-refractivity contribution in [1.82, 2.24) is 0 Å². The van der Waals surface area contributed by atoms with Gasteiger partial charge in [0.05, 0.1) is 13.2 Å². The fourth-order valence-electron chi connectivity index (χ4n) is 7.70. The Hall–Kier alpha value is -2.84. The molecule has 2 aromatic rings. The van der Waals surface area contributed by atoms with Crippen LogP contribution in [0.3, 0.4) is 0 Å². The van der Waals surface area contributed by atoms with Crippen molar-refractivity contribution < 1.29 is 28.7 Å². The molecule has 0 amide bonds. The van der Waals surface area contributed by atoms with Gasteiger partial charge in [-0.3, -0.25) is 9.59 Å². The first kappa shape index (κ1) is 24.5. The Morgan fingerprint density at radius 1 is 1.03 bits per heavy atom. The van der Waals surface area contributed by atoms with Gasteiger partial charge >= 0.3 is 11.9 Å². The van der Waals surface area contributed by atoms with Crippen LogP contribution in [0.1, 0.15) is 58.4 Å². The van der Waals surface area contributed by atoms with Crippen LogP contribution >= 0.6 is 22.7 Å². The van der Waals surface area contributed by atoms with E-state index in [0.29, 0.717) is 21.7 Å². The van der Waals surface area contributed by atoms with E-state index in [1.807, 2.05) is 29.0 Å². The number of hydrogen-bond acceptors (Lipinski definition) is 8. The zero-order valence-corrected chi connectivity index (χ0v) is 22.3. The summed E-state index contributed by atoms with van der Waals surface area (Å²) in [4.78, 5) is 53.9. The Morgan fingerprint density at radius 2 is 1.68 bits per heavy atom. The SMILES string of the molecule is C=C1C=C2C[C@@]3(C(=O)CC4C(COC(=O)c5cccs5)(CCC[C@@]4(C)COC(=O)c4cccs4)[C@@H]23)C1=O. The molecule has 0 aliphatic heterocycles. The molecular weight excluding hydrogens is 508 g/mol. The number of Topliss-reactive ketones (excluding diaryl/α,β-unsaturated/α-hetero) is 2. The second kappa shape index (κ2) is 8.60. The summed E-state index contributed by atoms with van der Waals surface area (Å²) >= 11 is 2.66. The van der Waals surface area contributed by atoms with Gasteiger partial charge in [0.15, 0.2) is 5.78 Å². The van der Waals surface area contributed by atoms with E-state index in [9.17, 15) is 19.2 Å². The molecule has 7 rings (SSSR count). The lowest BCUT2D eigenvalue weighted by Crippen LogP contribution is -2.71. The van der Waals surface area contributed by atoms with Crippen molar-refractivity contribution in [2.75, 3.05) is 13.2 Å². The maximum atomic E-state index is 13.8. The van der Waals surface area contributed by atoms with Gasteiger partial charge in [-0.05, 0) is 48.1 Å². The van der Waals surface area contributed by atoms with Crippen molar-refractivity contribution in [3.05, 3.63) is 68.6 Å². The fraction of sp³-hybridized carbons (Fsp3) is 0.448. The van der Waals surface area contributed by atoms with Crippen molar-refractivity contribution in [3.63, 3.8) is 0 Å². The first-order valence-electron chi connectivity index (χ1n) is 12.6. The second-order valence-corrected chi connectivity index (χ2v) is 13.1. The average molecular weight is 537 g/mol. The summed E-state index contributed by atoms with van der Waals surface area (Å²) in [6.07, 6.45) is 4.82. The monoisotopic (exact) mass is 536 g/mol. The van der Waals surface area contributed by atoms with Gasteiger partial charge < -0.3 is 9.47 Å². The molecule has 2 bridgehead atoms. The van der Waals surface area contributed by atoms with Gasteiger partial charge in [0.1, 0.15) is 21.0 Å². The van der Waals surface area contributed by atoms with Gasteiger partial charge in [0, 0.05) is 28.7 Å². The fourth-order valence-corrected chi connectivity index (χ4v) is 8.93. The van der Waals surface area contributed by atoms with Gasteiger partial charge in [-0.25, -0.2) is 9.59 Å². The van der Waals surface area contributed by atoms with Crippen molar-refractivity contribution in [2.45, 2.75) is 39.0 Å². The molecule has 192 valence electrons. The number of ketones is 2. The highest BCUT2D eigenvalue weighted by atomic mass is 32.1. The number of ether oxygens (including phenoxy) is 2. The number of hydrogen-bond donors (Lipinski definition) is 0. The molecule has 5 aliphatic carbocycles. The van der Waals surface area contributed by atoms with E-state index in [4.69, 9.17) is 9.47 Å². The number of allylic oxidation sites excluding steroid dienone is 3. The van der Waals surface area contributed by atoms with E-state index >= 15 is 0 Å². The second-order valence-electron chi connectivity index (χ2n) is 11.2. The predicted molar refractivity (Wildman–Crippen MR) is 139 cm³/mol. The van der Waals surface area contributed by atoms with Crippen molar-refractivity contribution >= 4 is 46.2 Å². The molecule has 1 spiro atoms. The first-order chi connectivity index (χ1) is 17.7. The lowest BCUT2D eigenvalue weighted by atomic mass is 9.33. The Balaban J connectivity index is 1.36. The van der Waals surface area contributed by atoms with Crippen LogP contribution in [0, 0.1) is 28.1 Å². The van der Waals surface area contributed by atoms with E-state index in [-0.39, 0.29) is 55.0 Å². The Morgan fingerprint density at radius 3 is 2.30 bits per heavy atom. The summed E-state index contributed by atoms with van der Waals surface area (Å²) in [5.74, 6) is -1.51. The zero-order valence-electron chi connectivity index (χ0n) is 20.6. The van der Waals surface area contributed by atoms with Gasteiger partial charge in [-0.1, -0.05) is 43.7 Å². The van der Waals surface area contributed by atoms with E-state index in [1.54, 1.807) is 12.1 Å². The Kier molecular flexibility index (Phi) is 5.69. The van der Waals surface area contributed by atoms with Crippen molar-refractivity contribution in [2.24, 2.45) is 28.1 Å². The lowest BCUT2D eigenvalue weighted by Gasteiger charge is -2.68. The minimum absolute atomic E-state index is 0.0524. The van der Waals surface area contributed by atoms with E-state index in [0.717, 1.165) is 24.8 Å². The van der Waals surface area contributed by atoms with Gasteiger partial charge in [-0.2, -0.15) is 0 Å². The molecule has 8 heteroatoms. The summed E-state index contributed by atoms with van der Waals surface area (Å²) in [7, 11) is 0. The third-order valence-corrected chi connectivity index (χ3v) is 10.9. The van der Waals surface area contributed by atoms with Crippen LogP contribution in [-0.2, 0) is 19.1 Å². The third-order valence-electron chi connectivity index (χ3n) is 9.24. The molecule has 0 saturated heterocycles. The molecule has 3 fully saturated rings. The average Bonchev–Trinajstić information content (AvgIpc) is 3.59. The highest BCUT2D eigenvalue weighted by molar-refractivity contribution is 7.12. The molecule has 0 aromatic carbocycles. The molecule has 6 nitrogen and oxygen atoms in total. The molecule has 2 aromatic heterocycles. The van der Waals surface area contributed by atoms with Crippen molar-refractivity contribution in [1.29, 1.82) is 0 Å². The number of esters is 2. The highest BCUT2D eigenvalue weighted by Crippen LogP contribution is 2.73. The molecule has 2 unspecified atom stereocenters. The maximum Gasteiger partial charge on any atom is 0.348 e. The van der Waals surface area contributed by atoms with E-state index in [2.05, 4.69) is 13.5 Å². The van der Waals surface area contributed by atoms with Crippen LogP contribution in [-0.4, -0.2) is 36.7 Å². The summed E-state index contributed by atoms with van der Waals surface area (Å²) in [5.41, 5.74) is -0.752. The molecule has 0 N–H and O–H groups in total. The van der Waals surface area contributed by atoms with Crippen molar-refractivity contribution in [3.8, 4) is 0 Å². The molecule has 5 aliphatic rings. The summed E-state index contributed by atoms with van der Waals surface area (Å²) in [6.45, 7) is 6.28. The number of carbonyl (C=O) groups excluding carboxylic acids is 4. The van der Waals surface area contributed by atoms with Gasteiger partial charge in [-0.15, -0.1) is 22.7 Å². The Bertz CT molecular complexity index is 1340. The maximum absolute atomic E-state index is 13.8. The number of thiophene rings is 2. The summed E-state index contributed by atoms with van der Waals surface area (Å²) in [6, 6.07) is 7.08. The highest BCUT2D eigenvalue weighted by Gasteiger charge is 2.75. The first-order valence-corrected chi connectivity index (χ1v) is 14.4. The predicted octanol–water partition coefficient (Wildman–Crippen LogP) is 5.66. The zero-order chi connectivity index (χ0) is 26.0. The minimum Gasteiger partial charge on any atom is -0.461 e. The third kappa shape index (κ3) is 3.48. The van der Waals surface area contributed by atoms with Gasteiger partial charge in [0.2, 0.25) is 0 Å². The van der Waals surface area contributed by atoms with Crippen LogP contribution in [0.2, 0.25) is 0 Å². The van der Waals surface area contributed by atoms with Crippen LogP contribution < -0.4 is 0 Å². The standard InChI is InChI=1S/C29H28O6S2/c1-17-12-18-14-29(24(17)31)22(30)13-21-27(2,15-34-25(32)19-6-3-10-36-19)8-5-9-28(21,23(18)29)16-35-26(33)20-7-4-11-37-20/h3-4,6-7,10-12,21,23H,1,5,8-9,13-16H2,2H3/t21?,23-,27+,28?,29+/m1/s1. The molecule has 0 radical (unpaired) electrons. The van der Waals surface area contributed by atoms with E-state index < -0.39 is 16.2 Å². The quantitative estimate of drug-likeness (QED) is 0.269. The van der Waals surface area contributed by atoms with E-state index in [1.165, 1.54) is 22.7 Å². The van der Waals surface area contributed by atoms with Crippen LogP contribution in [0.25, 0.3) is 0 Å². The smallest absolute Gasteiger partial charge is 0.348 e. The van der Waals surface area contributed by atoms with Crippen LogP contribution in [0.5, 0.6) is 0 Å². The summed E-state index contributed by atoms with van der Waals surface area (Å²) in [5, 5.41) is 3.66. The van der Waals surface area contributed by atoms with Crippen LogP contribution in [0.4, 0.5) is 0 Å². The topological polar surface area (TPSA) is 86.7 Å². The molecule has 3 saturated carbocycles. The molecule has 37 heavy (non-hydrogen) atoms. The Labute approximate surface area is 223 Å². The number of fused-ring (bicyclic) bond motifs is 3.